The van der Waals surface area contributed by atoms with Gasteiger partial charge < -0.3 is 10.2 Å². The molecule has 132 valence electrons. The maximum absolute atomic E-state index is 12.9. The summed E-state index contributed by atoms with van der Waals surface area (Å²) in [6.07, 6.45) is 0.285. The van der Waals surface area contributed by atoms with Gasteiger partial charge in [-0.1, -0.05) is 59.7 Å². The first kappa shape index (κ1) is 18.7. The quantitative estimate of drug-likeness (QED) is 0.880. The van der Waals surface area contributed by atoms with Crippen molar-refractivity contribution >= 4 is 11.8 Å². The van der Waals surface area contributed by atoms with Crippen molar-refractivity contribution in [3.8, 4) is 0 Å². The van der Waals surface area contributed by atoms with Crippen LogP contribution in [0.3, 0.4) is 0 Å². The van der Waals surface area contributed by atoms with Crippen LogP contribution in [0.5, 0.6) is 0 Å². The van der Waals surface area contributed by atoms with Gasteiger partial charge in [0.15, 0.2) is 0 Å². The lowest BCUT2D eigenvalue weighted by Gasteiger charge is -2.28. The Balaban J connectivity index is 2.21. The van der Waals surface area contributed by atoms with E-state index in [2.05, 4.69) is 5.32 Å². The molecule has 0 saturated carbocycles. The van der Waals surface area contributed by atoms with Crippen LogP contribution >= 0.6 is 0 Å². The normalized spacial score (nSPS) is 11.7. The van der Waals surface area contributed by atoms with Crippen molar-refractivity contribution in [3.05, 3.63) is 70.8 Å². The van der Waals surface area contributed by atoms with Crippen LogP contribution in [-0.2, 0) is 22.6 Å². The van der Waals surface area contributed by atoms with E-state index in [1.165, 1.54) is 0 Å². The maximum atomic E-state index is 12.9. The molecule has 0 aliphatic heterocycles. The third-order valence-corrected chi connectivity index (χ3v) is 4.33. The number of benzene rings is 2. The summed E-state index contributed by atoms with van der Waals surface area (Å²) in [6.45, 7) is 6.22. The lowest BCUT2D eigenvalue weighted by atomic mass is 10.1. The number of carbonyl (C=O) groups excluding carboxylic acids is 2. The molecule has 1 atom stereocenters. The first-order valence-electron chi connectivity index (χ1n) is 8.53. The number of rotatable bonds is 6. The average Bonchev–Trinajstić information content (AvgIpc) is 2.60. The van der Waals surface area contributed by atoms with E-state index in [1.807, 2.05) is 62.4 Å². The number of likely N-dealkylation sites (N-methyl/N-ethyl adjacent to an activating group) is 1. The van der Waals surface area contributed by atoms with Gasteiger partial charge in [-0.15, -0.1) is 0 Å². The molecule has 0 fully saturated rings. The van der Waals surface area contributed by atoms with Crippen molar-refractivity contribution in [1.29, 1.82) is 0 Å². The highest BCUT2D eigenvalue weighted by Gasteiger charge is 2.25. The van der Waals surface area contributed by atoms with Crippen LogP contribution in [0, 0.1) is 13.8 Å². The molecular formula is C21H26N2O2. The molecule has 2 amide bonds. The van der Waals surface area contributed by atoms with Crippen molar-refractivity contribution < 1.29 is 9.59 Å². The summed E-state index contributed by atoms with van der Waals surface area (Å²) >= 11 is 0. The number of aryl methyl sites for hydroxylation is 2. The van der Waals surface area contributed by atoms with Crippen LogP contribution in [0.1, 0.15) is 29.2 Å². The number of amides is 2. The number of nitrogens with zero attached hydrogens (tertiary/aromatic N) is 1. The zero-order valence-corrected chi connectivity index (χ0v) is 15.4. The van der Waals surface area contributed by atoms with Crippen LogP contribution in [-0.4, -0.2) is 29.8 Å². The predicted octanol–water partition coefficient (Wildman–Crippen LogP) is 3.01. The van der Waals surface area contributed by atoms with Gasteiger partial charge in [-0.05, 0) is 31.9 Å². The van der Waals surface area contributed by atoms with Crippen LogP contribution in [0.4, 0.5) is 0 Å². The zero-order valence-electron chi connectivity index (χ0n) is 15.4. The Labute approximate surface area is 149 Å². The smallest absolute Gasteiger partial charge is 0.242 e. The molecule has 0 unspecified atom stereocenters. The Bertz CT molecular complexity index is 738. The highest BCUT2D eigenvalue weighted by Crippen LogP contribution is 2.14. The maximum Gasteiger partial charge on any atom is 0.242 e. The van der Waals surface area contributed by atoms with E-state index in [9.17, 15) is 9.59 Å². The molecule has 0 bridgehead atoms. The Morgan fingerprint density at radius 1 is 1.00 bits per heavy atom. The molecule has 0 aliphatic rings. The van der Waals surface area contributed by atoms with Gasteiger partial charge >= 0.3 is 0 Å². The summed E-state index contributed by atoms with van der Waals surface area (Å²) in [5, 5.41) is 2.64. The Morgan fingerprint density at radius 2 is 1.68 bits per heavy atom. The molecule has 0 aliphatic carbocycles. The van der Waals surface area contributed by atoms with Crippen molar-refractivity contribution in [1.82, 2.24) is 10.2 Å². The monoisotopic (exact) mass is 338 g/mol. The van der Waals surface area contributed by atoms with E-state index in [4.69, 9.17) is 0 Å². The second kappa shape index (κ2) is 8.47. The molecule has 25 heavy (non-hydrogen) atoms. The minimum Gasteiger partial charge on any atom is -0.357 e. The molecule has 2 aromatic rings. The van der Waals surface area contributed by atoms with Gasteiger partial charge in [0.1, 0.15) is 6.04 Å². The number of hydrogen-bond donors (Lipinski definition) is 1. The van der Waals surface area contributed by atoms with Crippen LogP contribution in [0.2, 0.25) is 0 Å². The van der Waals surface area contributed by atoms with Crippen LogP contribution in [0.25, 0.3) is 0 Å². The van der Waals surface area contributed by atoms with Crippen molar-refractivity contribution in [2.24, 2.45) is 0 Å². The Hall–Kier alpha value is -2.62. The predicted molar refractivity (Wildman–Crippen MR) is 100 cm³/mol. The van der Waals surface area contributed by atoms with Crippen molar-refractivity contribution in [2.75, 3.05) is 7.05 Å². The third kappa shape index (κ3) is 5.18. The fourth-order valence-corrected chi connectivity index (χ4v) is 2.78. The SMILES string of the molecule is CNC(=O)[C@@H](C)N(Cc1cccc(C)c1)C(=O)Cc1ccc(C)cc1. The Morgan fingerprint density at radius 3 is 2.28 bits per heavy atom. The minimum atomic E-state index is -0.525. The molecule has 2 aromatic carbocycles. The largest absolute Gasteiger partial charge is 0.357 e. The fourth-order valence-electron chi connectivity index (χ4n) is 2.78. The van der Waals surface area contributed by atoms with Gasteiger partial charge in [0.25, 0.3) is 0 Å². The number of carbonyl (C=O) groups is 2. The lowest BCUT2D eigenvalue weighted by Crippen LogP contribution is -2.47. The molecule has 0 radical (unpaired) electrons. The molecule has 2 rings (SSSR count). The molecular weight excluding hydrogens is 312 g/mol. The summed E-state index contributed by atoms with van der Waals surface area (Å²) < 4.78 is 0. The van der Waals surface area contributed by atoms with Gasteiger partial charge in [-0.25, -0.2) is 0 Å². The highest BCUT2D eigenvalue weighted by molar-refractivity contribution is 5.88. The molecule has 1 N–H and O–H groups in total. The number of nitrogens with one attached hydrogen (secondary N) is 1. The summed E-state index contributed by atoms with van der Waals surface area (Å²) in [7, 11) is 1.59. The molecule has 0 spiro atoms. The first-order valence-corrected chi connectivity index (χ1v) is 8.53. The number of hydrogen-bond acceptors (Lipinski definition) is 2. The molecule has 0 heterocycles. The Kier molecular flexibility index (Phi) is 6.34. The second-order valence-electron chi connectivity index (χ2n) is 6.46. The molecule has 4 nitrogen and oxygen atoms in total. The molecule has 0 saturated heterocycles. The summed E-state index contributed by atoms with van der Waals surface area (Å²) in [5.74, 6) is -0.216. The average molecular weight is 338 g/mol. The molecule has 0 aromatic heterocycles. The van der Waals surface area contributed by atoms with Crippen LogP contribution in [0.15, 0.2) is 48.5 Å². The van der Waals surface area contributed by atoms with E-state index in [-0.39, 0.29) is 18.2 Å². The van der Waals surface area contributed by atoms with Gasteiger partial charge in [0.2, 0.25) is 11.8 Å². The van der Waals surface area contributed by atoms with E-state index in [0.29, 0.717) is 6.54 Å². The minimum absolute atomic E-state index is 0.0542. The van der Waals surface area contributed by atoms with Gasteiger partial charge in [-0.2, -0.15) is 0 Å². The second-order valence-corrected chi connectivity index (χ2v) is 6.46. The topological polar surface area (TPSA) is 49.4 Å². The van der Waals surface area contributed by atoms with Crippen LogP contribution < -0.4 is 5.32 Å². The molecule has 4 heteroatoms. The standard InChI is InChI=1S/C21H26N2O2/c1-15-8-10-18(11-9-15)13-20(24)23(17(3)21(25)22-4)14-19-7-5-6-16(2)12-19/h5-12,17H,13-14H2,1-4H3,(H,22,25)/t17-/m1/s1. The third-order valence-electron chi connectivity index (χ3n) is 4.33. The lowest BCUT2D eigenvalue weighted by molar-refractivity contribution is -0.139. The van der Waals surface area contributed by atoms with E-state index < -0.39 is 6.04 Å². The van der Waals surface area contributed by atoms with Crippen molar-refractivity contribution in [3.63, 3.8) is 0 Å². The van der Waals surface area contributed by atoms with Gasteiger partial charge in [0, 0.05) is 13.6 Å². The summed E-state index contributed by atoms with van der Waals surface area (Å²) in [6, 6.07) is 15.4. The first-order chi connectivity index (χ1) is 11.9. The van der Waals surface area contributed by atoms with E-state index in [0.717, 1.165) is 22.3 Å². The van der Waals surface area contributed by atoms with E-state index in [1.54, 1.807) is 18.9 Å². The van der Waals surface area contributed by atoms with Gasteiger partial charge in [0.05, 0.1) is 6.42 Å². The summed E-state index contributed by atoms with van der Waals surface area (Å²) in [5.41, 5.74) is 4.27. The summed E-state index contributed by atoms with van der Waals surface area (Å²) in [4.78, 5) is 26.6. The zero-order chi connectivity index (χ0) is 18.4. The van der Waals surface area contributed by atoms with Gasteiger partial charge in [-0.3, -0.25) is 9.59 Å². The van der Waals surface area contributed by atoms with Crippen molar-refractivity contribution in [2.45, 2.75) is 39.8 Å². The van der Waals surface area contributed by atoms with E-state index >= 15 is 0 Å². The fraction of sp³-hybridized carbons (Fsp3) is 0.333. The highest BCUT2D eigenvalue weighted by atomic mass is 16.2.